The molecule has 2 aromatic rings. The van der Waals surface area contributed by atoms with Gasteiger partial charge in [0.2, 0.25) is 0 Å². The topological polar surface area (TPSA) is 70.1 Å². The number of nitrogens with one attached hydrogen (secondary N) is 2. The third-order valence-corrected chi connectivity index (χ3v) is 6.84. The smallest absolute Gasteiger partial charge is 0.268 e. The van der Waals surface area contributed by atoms with Crippen LogP contribution in [0.1, 0.15) is 52.8 Å². The summed E-state index contributed by atoms with van der Waals surface area (Å²) < 4.78 is 4.32. The first-order chi connectivity index (χ1) is 13.3. The molecule has 7 heteroatoms. The van der Waals surface area contributed by atoms with Crippen molar-refractivity contribution >= 4 is 17.9 Å². The van der Waals surface area contributed by atoms with Gasteiger partial charge < -0.3 is 14.9 Å². The Labute approximate surface area is 170 Å². The van der Waals surface area contributed by atoms with Gasteiger partial charge in [-0.3, -0.25) is 9.59 Å². The third-order valence-electron chi connectivity index (χ3n) is 5.61. The van der Waals surface area contributed by atoms with Crippen molar-refractivity contribution in [2.75, 3.05) is 13.1 Å². The van der Waals surface area contributed by atoms with Crippen molar-refractivity contribution in [1.82, 2.24) is 19.2 Å². The molecule has 3 rings (SSSR count). The van der Waals surface area contributed by atoms with Crippen LogP contribution in [0.5, 0.6) is 0 Å². The van der Waals surface area contributed by atoms with Gasteiger partial charge in [-0.2, -0.15) is 0 Å². The average molecular weight is 403 g/mol. The Morgan fingerprint density at radius 3 is 2.57 bits per heavy atom. The molecule has 0 spiro atoms. The fraction of sp³-hybridized carbons (Fsp3) is 0.524. The molecule has 6 nitrogen and oxygen atoms in total. The molecule has 3 heterocycles. The number of carbonyl (C=O) groups is 1. The van der Waals surface area contributed by atoms with Gasteiger partial charge in [-0.15, -0.1) is 0 Å². The lowest BCUT2D eigenvalue weighted by Crippen LogP contribution is -2.29. The SMILES string of the molecule is Cc1cc(C)c(CNC(=O)c2cc(SN3CCC(C)CC3)c(C)n2C)c(=O)[nH]1. The van der Waals surface area contributed by atoms with E-state index in [1.54, 1.807) is 11.9 Å². The second kappa shape index (κ2) is 8.57. The van der Waals surface area contributed by atoms with Crippen LogP contribution in [0.15, 0.2) is 21.8 Å². The summed E-state index contributed by atoms with van der Waals surface area (Å²) in [4.78, 5) is 28.8. The van der Waals surface area contributed by atoms with Crippen LogP contribution < -0.4 is 10.9 Å². The molecule has 1 saturated heterocycles. The maximum absolute atomic E-state index is 12.8. The molecule has 0 aliphatic carbocycles. The molecule has 0 bridgehead atoms. The summed E-state index contributed by atoms with van der Waals surface area (Å²) in [5.74, 6) is 0.632. The fourth-order valence-corrected chi connectivity index (χ4v) is 4.66. The normalized spacial score (nSPS) is 15.8. The third kappa shape index (κ3) is 4.52. The quantitative estimate of drug-likeness (QED) is 0.753. The van der Waals surface area contributed by atoms with Crippen molar-refractivity contribution in [2.45, 2.75) is 52.0 Å². The van der Waals surface area contributed by atoms with Crippen molar-refractivity contribution in [2.24, 2.45) is 13.0 Å². The minimum atomic E-state index is -0.163. The van der Waals surface area contributed by atoms with Crippen LogP contribution in [-0.4, -0.2) is 32.9 Å². The van der Waals surface area contributed by atoms with Gasteiger partial charge >= 0.3 is 0 Å². The number of nitrogens with zero attached hydrogens (tertiary/aromatic N) is 2. The number of piperidine rings is 1. The van der Waals surface area contributed by atoms with Crippen LogP contribution >= 0.6 is 11.9 Å². The Hall–Kier alpha value is -1.99. The monoisotopic (exact) mass is 402 g/mol. The van der Waals surface area contributed by atoms with E-state index in [1.807, 2.05) is 44.5 Å². The first-order valence-electron chi connectivity index (χ1n) is 9.83. The highest BCUT2D eigenvalue weighted by molar-refractivity contribution is 7.97. The van der Waals surface area contributed by atoms with E-state index in [1.165, 1.54) is 12.8 Å². The number of rotatable bonds is 5. The standard InChI is InChI=1S/C21H30N4O2S/c1-13-6-8-25(9-7-13)28-19-11-18(24(5)16(19)4)21(27)22-12-17-14(2)10-15(3)23-20(17)26/h10-11,13H,6-9,12H2,1-5H3,(H,22,27)(H,23,26). The van der Waals surface area contributed by atoms with Crippen LogP contribution in [0.4, 0.5) is 0 Å². The molecule has 1 amide bonds. The second-order valence-electron chi connectivity index (χ2n) is 7.87. The maximum atomic E-state index is 12.8. The molecule has 1 fully saturated rings. The molecule has 1 aliphatic rings. The predicted molar refractivity (Wildman–Crippen MR) is 114 cm³/mol. The summed E-state index contributed by atoms with van der Waals surface area (Å²) in [6.07, 6.45) is 2.44. The van der Waals surface area contributed by atoms with E-state index in [-0.39, 0.29) is 18.0 Å². The van der Waals surface area contributed by atoms with Gasteiger partial charge in [0.15, 0.2) is 0 Å². The van der Waals surface area contributed by atoms with Gasteiger partial charge in [0.1, 0.15) is 5.69 Å². The predicted octanol–water partition coefficient (Wildman–Crippen LogP) is 3.31. The van der Waals surface area contributed by atoms with Crippen molar-refractivity contribution in [1.29, 1.82) is 0 Å². The lowest BCUT2D eigenvalue weighted by molar-refractivity contribution is 0.0942. The number of H-pyrrole nitrogens is 1. The maximum Gasteiger partial charge on any atom is 0.268 e. The van der Waals surface area contributed by atoms with E-state index in [4.69, 9.17) is 0 Å². The molecule has 2 aromatic heterocycles. The van der Waals surface area contributed by atoms with Crippen LogP contribution in [-0.2, 0) is 13.6 Å². The lowest BCUT2D eigenvalue weighted by atomic mass is 10.0. The summed E-state index contributed by atoms with van der Waals surface area (Å²) in [7, 11) is 1.91. The molecule has 1 aliphatic heterocycles. The molecule has 0 atom stereocenters. The molecule has 0 unspecified atom stereocenters. The molecular weight excluding hydrogens is 372 g/mol. The summed E-state index contributed by atoms with van der Waals surface area (Å²) in [5.41, 5.74) is 3.87. The van der Waals surface area contributed by atoms with E-state index in [9.17, 15) is 9.59 Å². The molecule has 2 N–H and O–H groups in total. The molecule has 0 radical (unpaired) electrons. The van der Waals surface area contributed by atoms with Crippen LogP contribution in [0.2, 0.25) is 0 Å². The summed E-state index contributed by atoms with van der Waals surface area (Å²) in [5, 5.41) is 2.90. The molecule has 0 saturated carbocycles. The van der Waals surface area contributed by atoms with E-state index >= 15 is 0 Å². The Morgan fingerprint density at radius 2 is 1.93 bits per heavy atom. The van der Waals surface area contributed by atoms with Gasteiger partial charge in [-0.25, -0.2) is 4.31 Å². The van der Waals surface area contributed by atoms with Crippen LogP contribution in [0.3, 0.4) is 0 Å². The van der Waals surface area contributed by atoms with Crippen LogP contribution in [0, 0.1) is 26.7 Å². The Bertz CT molecular complexity index is 923. The number of hydrogen-bond donors (Lipinski definition) is 2. The second-order valence-corrected chi connectivity index (χ2v) is 9.01. The largest absolute Gasteiger partial charge is 0.346 e. The molecular formula is C21H30N4O2S. The number of carbonyl (C=O) groups excluding carboxylic acids is 1. The Kier molecular flexibility index (Phi) is 6.35. The van der Waals surface area contributed by atoms with E-state index in [2.05, 4.69) is 21.5 Å². The van der Waals surface area contributed by atoms with Crippen molar-refractivity contribution in [3.05, 3.63) is 50.7 Å². The number of aromatic nitrogens is 2. The van der Waals surface area contributed by atoms with Crippen molar-refractivity contribution in [3.8, 4) is 0 Å². The van der Waals surface area contributed by atoms with Crippen LogP contribution in [0.25, 0.3) is 0 Å². The molecule has 152 valence electrons. The van der Waals surface area contributed by atoms with Gasteiger partial charge in [-0.05, 0) is 69.2 Å². The zero-order valence-corrected chi connectivity index (χ0v) is 18.2. The van der Waals surface area contributed by atoms with Crippen molar-refractivity contribution in [3.63, 3.8) is 0 Å². The average Bonchev–Trinajstić information content (AvgIpc) is 2.91. The highest BCUT2D eigenvalue weighted by Crippen LogP contribution is 2.31. The van der Waals surface area contributed by atoms with Gasteiger partial charge in [0.05, 0.1) is 0 Å². The number of amides is 1. The van der Waals surface area contributed by atoms with E-state index in [0.717, 1.165) is 40.9 Å². The Balaban J connectivity index is 1.70. The minimum absolute atomic E-state index is 0.142. The van der Waals surface area contributed by atoms with Gasteiger partial charge in [0.25, 0.3) is 11.5 Å². The fourth-order valence-electron chi connectivity index (χ4n) is 3.56. The van der Waals surface area contributed by atoms with Gasteiger partial charge in [-0.1, -0.05) is 6.92 Å². The number of pyridine rings is 1. The number of aryl methyl sites for hydroxylation is 2. The number of aromatic amines is 1. The zero-order chi connectivity index (χ0) is 20.4. The summed E-state index contributed by atoms with van der Waals surface area (Å²) in [6.45, 7) is 10.5. The summed E-state index contributed by atoms with van der Waals surface area (Å²) in [6, 6.07) is 3.88. The summed E-state index contributed by atoms with van der Waals surface area (Å²) >= 11 is 1.74. The minimum Gasteiger partial charge on any atom is -0.346 e. The Morgan fingerprint density at radius 1 is 1.25 bits per heavy atom. The van der Waals surface area contributed by atoms with Crippen molar-refractivity contribution < 1.29 is 4.79 Å². The highest BCUT2D eigenvalue weighted by Gasteiger charge is 2.21. The first-order valence-corrected chi connectivity index (χ1v) is 10.6. The first kappa shape index (κ1) is 20.7. The lowest BCUT2D eigenvalue weighted by Gasteiger charge is -2.28. The zero-order valence-electron chi connectivity index (χ0n) is 17.4. The van der Waals surface area contributed by atoms with E-state index in [0.29, 0.717) is 11.3 Å². The highest BCUT2D eigenvalue weighted by atomic mass is 32.2. The van der Waals surface area contributed by atoms with E-state index < -0.39 is 0 Å². The van der Waals surface area contributed by atoms with Gasteiger partial charge in [0, 0.05) is 48.5 Å². The molecule has 28 heavy (non-hydrogen) atoms. The molecule has 0 aromatic carbocycles. The number of hydrogen-bond acceptors (Lipinski definition) is 4.